The molecule has 5 heteroatoms. The Morgan fingerprint density at radius 3 is 2.78 bits per heavy atom. The SMILES string of the molecule is Cc1cc(N(C)CCn2cnc3ccccc32)nc(C)c1C#N. The van der Waals surface area contributed by atoms with E-state index in [0.29, 0.717) is 5.56 Å². The lowest BCUT2D eigenvalue weighted by molar-refractivity contribution is 0.696. The highest BCUT2D eigenvalue weighted by molar-refractivity contribution is 5.74. The van der Waals surface area contributed by atoms with Crippen molar-refractivity contribution >= 4 is 16.9 Å². The normalized spacial score (nSPS) is 10.7. The molecule has 0 aliphatic heterocycles. The molecule has 1 aromatic carbocycles. The Morgan fingerprint density at radius 2 is 2.04 bits per heavy atom. The average molecular weight is 305 g/mol. The van der Waals surface area contributed by atoms with Crippen LogP contribution in [-0.2, 0) is 6.54 Å². The zero-order chi connectivity index (χ0) is 16.4. The smallest absolute Gasteiger partial charge is 0.128 e. The topological polar surface area (TPSA) is 57.7 Å². The van der Waals surface area contributed by atoms with E-state index in [0.717, 1.165) is 41.2 Å². The van der Waals surface area contributed by atoms with Gasteiger partial charge in [-0.1, -0.05) is 12.1 Å². The Morgan fingerprint density at radius 1 is 1.26 bits per heavy atom. The van der Waals surface area contributed by atoms with Crippen LogP contribution in [0, 0.1) is 25.2 Å². The lowest BCUT2D eigenvalue weighted by atomic mass is 10.1. The minimum absolute atomic E-state index is 0.669. The van der Waals surface area contributed by atoms with Gasteiger partial charge in [-0.25, -0.2) is 9.97 Å². The Balaban J connectivity index is 1.77. The van der Waals surface area contributed by atoms with Crippen LogP contribution in [0.15, 0.2) is 36.7 Å². The monoisotopic (exact) mass is 305 g/mol. The Kier molecular flexibility index (Phi) is 3.98. The molecule has 0 radical (unpaired) electrons. The highest BCUT2D eigenvalue weighted by atomic mass is 15.2. The number of nitriles is 1. The number of fused-ring (bicyclic) bond motifs is 1. The molecule has 0 amide bonds. The molecule has 3 aromatic rings. The molecule has 0 saturated carbocycles. The number of nitrogens with zero attached hydrogens (tertiary/aromatic N) is 5. The number of para-hydroxylation sites is 2. The van der Waals surface area contributed by atoms with Crippen molar-refractivity contribution in [2.45, 2.75) is 20.4 Å². The van der Waals surface area contributed by atoms with Crippen LogP contribution in [0.2, 0.25) is 0 Å². The maximum absolute atomic E-state index is 9.14. The largest absolute Gasteiger partial charge is 0.358 e. The van der Waals surface area contributed by atoms with E-state index < -0.39 is 0 Å². The summed E-state index contributed by atoms with van der Waals surface area (Å²) in [5.41, 5.74) is 4.57. The lowest BCUT2D eigenvalue weighted by Crippen LogP contribution is -2.24. The van der Waals surface area contributed by atoms with Crippen LogP contribution in [0.3, 0.4) is 0 Å². The number of hydrogen-bond acceptors (Lipinski definition) is 4. The standard InChI is InChI=1S/C18H19N5/c1-13-10-18(21-14(2)15(13)11-19)22(3)8-9-23-12-20-16-6-4-5-7-17(16)23/h4-7,10,12H,8-9H2,1-3H3. The summed E-state index contributed by atoms with van der Waals surface area (Å²) in [6.45, 7) is 5.48. The molecule has 0 aliphatic carbocycles. The van der Waals surface area contributed by atoms with Crippen LogP contribution in [0.25, 0.3) is 11.0 Å². The molecule has 0 saturated heterocycles. The Labute approximate surface area is 135 Å². The number of pyridine rings is 1. The fraction of sp³-hybridized carbons (Fsp3) is 0.278. The number of benzene rings is 1. The van der Waals surface area contributed by atoms with Gasteiger partial charge in [-0.3, -0.25) is 0 Å². The third kappa shape index (κ3) is 2.88. The average Bonchev–Trinajstić information content (AvgIpc) is 2.95. The first kappa shape index (κ1) is 15.0. The molecule has 0 atom stereocenters. The summed E-state index contributed by atoms with van der Waals surface area (Å²) in [5, 5.41) is 9.14. The number of aryl methyl sites for hydroxylation is 2. The van der Waals surface area contributed by atoms with Crippen molar-refractivity contribution < 1.29 is 0 Å². The van der Waals surface area contributed by atoms with Crippen LogP contribution in [0.5, 0.6) is 0 Å². The van der Waals surface area contributed by atoms with Crippen LogP contribution >= 0.6 is 0 Å². The van der Waals surface area contributed by atoms with Gasteiger partial charge < -0.3 is 9.47 Å². The maximum Gasteiger partial charge on any atom is 0.128 e. The number of anilines is 1. The van der Waals surface area contributed by atoms with Gasteiger partial charge in [0.25, 0.3) is 0 Å². The van der Waals surface area contributed by atoms with Crippen molar-refractivity contribution in [3.05, 3.63) is 53.5 Å². The van der Waals surface area contributed by atoms with Gasteiger partial charge in [-0.2, -0.15) is 5.26 Å². The summed E-state index contributed by atoms with van der Waals surface area (Å²) < 4.78 is 2.15. The van der Waals surface area contributed by atoms with Crippen molar-refractivity contribution in [2.24, 2.45) is 0 Å². The maximum atomic E-state index is 9.14. The lowest BCUT2D eigenvalue weighted by Gasteiger charge is -2.20. The van der Waals surface area contributed by atoms with Gasteiger partial charge in [-0.05, 0) is 37.6 Å². The van der Waals surface area contributed by atoms with Crippen molar-refractivity contribution in [1.82, 2.24) is 14.5 Å². The Hall–Kier alpha value is -2.87. The molecule has 0 aliphatic rings. The third-order valence-corrected chi connectivity index (χ3v) is 4.09. The highest BCUT2D eigenvalue weighted by Gasteiger charge is 2.10. The summed E-state index contributed by atoms with van der Waals surface area (Å²) in [7, 11) is 2.02. The van der Waals surface area contributed by atoms with Gasteiger partial charge in [0, 0.05) is 20.1 Å². The Bertz CT molecular complexity index is 865. The van der Waals surface area contributed by atoms with Gasteiger partial charge in [0.15, 0.2) is 0 Å². The highest BCUT2D eigenvalue weighted by Crippen LogP contribution is 2.18. The quantitative estimate of drug-likeness (QED) is 0.743. The van der Waals surface area contributed by atoms with Gasteiger partial charge >= 0.3 is 0 Å². The summed E-state index contributed by atoms with van der Waals surface area (Å²) in [4.78, 5) is 11.1. The second kappa shape index (κ2) is 6.09. The van der Waals surface area contributed by atoms with E-state index in [9.17, 15) is 0 Å². The molecule has 2 heterocycles. The van der Waals surface area contributed by atoms with E-state index in [1.165, 1.54) is 0 Å². The van der Waals surface area contributed by atoms with Crippen molar-refractivity contribution in [3.63, 3.8) is 0 Å². The molecule has 23 heavy (non-hydrogen) atoms. The van der Waals surface area contributed by atoms with Crippen LogP contribution in [0.1, 0.15) is 16.8 Å². The molecular formula is C18H19N5. The van der Waals surface area contributed by atoms with E-state index in [4.69, 9.17) is 5.26 Å². The van der Waals surface area contributed by atoms with Gasteiger partial charge in [0.2, 0.25) is 0 Å². The predicted molar refractivity (Wildman–Crippen MR) is 91.4 cm³/mol. The second-order valence-electron chi connectivity index (χ2n) is 5.72. The third-order valence-electron chi connectivity index (χ3n) is 4.09. The molecule has 0 spiro atoms. The number of rotatable bonds is 4. The first-order valence-electron chi connectivity index (χ1n) is 7.59. The van der Waals surface area contributed by atoms with Crippen LogP contribution in [-0.4, -0.2) is 28.1 Å². The predicted octanol–water partition coefficient (Wildman–Crippen LogP) is 3.06. The van der Waals surface area contributed by atoms with Gasteiger partial charge in [-0.15, -0.1) is 0 Å². The minimum atomic E-state index is 0.669. The second-order valence-corrected chi connectivity index (χ2v) is 5.72. The number of imidazole rings is 1. The molecule has 5 nitrogen and oxygen atoms in total. The first-order valence-corrected chi connectivity index (χ1v) is 7.59. The minimum Gasteiger partial charge on any atom is -0.358 e. The summed E-state index contributed by atoms with van der Waals surface area (Å²) in [5.74, 6) is 0.892. The zero-order valence-corrected chi connectivity index (χ0v) is 13.6. The summed E-state index contributed by atoms with van der Waals surface area (Å²) >= 11 is 0. The van der Waals surface area contributed by atoms with Crippen LogP contribution < -0.4 is 4.90 Å². The fourth-order valence-electron chi connectivity index (χ4n) is 2.74. The zero-order valence-electron chi connectivity index (χ0n) is 13.6. The first-order chi connectivity index (χ1) is 11.1. The molecule has 0 N–H and O–H groups in total. The van der Waals surface area contributed by atoms with Crippen molar-refractivity contribution in [1.29, 1.82) is 5.26 Å². The van der Waals surface area contributed by atoms with E-state index in [-0.39, 0.29) is 0 Å². The summed E-state index contributed by atoms with van der Waals surface area (Å²) in [6.07, 6.45) is 1.88. The molecule has 0 unspecified atom stereocenters. The van der Waals surface area contributed by atoms with Gasteiger partial charge in [0.05, 0.1) is 28.6 Å². The molecular weight excluding hydrogens is 286 g/mol. The van der Waals surface area contributed by atoms with Crippen LogP contribution in [0.4, 0.5) is 5.82 Å². The van der Waals surface area contributed by atoms with Crippen molar-refractivity contribution in [2.75, 3.05) is 18.5 Å². The molecule has 0 fully saturated rings. The van der Waals surface area contributed by atoms with E-state index in [2.05, 4.69) is 31.6 Å². The van der Waals surface area contributed by atoms with Gasteiger partial charge in [0.1, 0.15) is 11.9 Å². The van der Waals surface area contributed by atoms with Crippen molar-refractivity contribution in [3.8, 4) is 6.07 Å². The summed E-state index contributed by atoms with van der Waals surface area (Å²) in [6, 6.07) is 12.3. The molecule has 0 bridgehead atoms. The number of likely N-dealkylation sites (N-methyl/N-ethyl adjacent to an activating group) is 1. The molecule has 116 valence electrons. The van der Waals surface area contributed by atoms with E-state index >= 15 is 0 Å². The van der Waals surface area contributed by atoms with E-state index in [1.54, 1.807) is 0 Å². The van der Waals surface area contributed by atoms with E-state index in [1.807, 2.05) is 51.5 Å². The molecule has 2 aromatic heterocycles. The molecule has 3 rings (SSSR count). The fourth-order valence-corrected chi connectivity index (χ4v) is 2.74. The number of aromatic nitrogens is 3. The number of hydrogen-bond donors (Lipinski definition) is 0.